The summed E-state index contributed by atoms with van der Waals surface area (Å²) in [6.07, 6.45) is 2.71. The molecule has 0 aromatic heterocycles. The lowest BCUT2D eigenvalue weighted by Crippen LogP contribution is -2.31. The maximum atomic E-state index is 14.0. The number of amides is 2. The lowest BCUT2D eigenvalue weighted by molar-refractivity contribution is -0.150. The molecule has 2 aliphatic rings. The van der Waals surface area contributed by atoms with Crippen molar-refractivity contribution in [2.45, 2.75) is 6.92 Å². The van der Waals surface area contributed by atoms with E-state index in [9.17, 15) is 18.8 Å². The Kier molecular flexibility index (Phi) is 3.87. The van der Waals surface area contributed by atoms with E-state index < -0.39 is 35.5 Å². The van der Waals surface area contributed by atoms with Crippen molar-refractivity contribution in [1.82, 2.24) is 10.6 Å². The van der Waals surface area contributed by atoms with Gasteiger partial charge < -0.3 is 15.4 Å². The Balaban J connectivity index is 2.21. The van der Waals surface area contributed by atoms with E-state index in [2.05, 4.69) is 15.4 Å². The molecule has 2 unspecified atom stereocenters. The molecule has 1 aliphatic heterocycles. The van der Waals surface area contributed by atoms with Crippen molar-refractivity contribution in [3.63, 3.8) is 0 Å². The van der Waals surface area contributed by atoms with E-state index >= 15 is 0 Å². The molecule has 0 spiro atoms. The van der Waals surface area contributed by atoms with Gasteiger partial charge in [-0.1, -0.05) is 6.08 Å². The Hall–Kier alpha value is -2.18. The van der Waals surface area contributed by atoms with E-state index in [1.54, 1.807) is 0 Å². The van der Waals surface area contributed by atoms with Crippen molar-refractivity contribution in [3.05, 3.63) is 23.7 Å². The Morgan fingerprint density at radius 1 is 1.50 bits per heavy atom. The molecule has 3 atom stereocenters. The van der Waals surface area contributed by atoms with Gasteiger partial charge in [-0.05, 0) is 6.08 Å². The van der Waals surface area contributed by atoms with Crippen LogP contribution in [0.3, 0.4) is 0 Å². The number of carbonyl (C=O) groups excluding carboxylic acids is 3. The highest BCUT2D eigenvalue weighted by Crippen LogP contribution is 2.37. The van der Waals surface area contributed by atoms with Crippen LogP contribution in [0.5, 0.6) is 0 Å². The summed E-state index contributed by atoms with van der Waals surface area (Å²) in [5.74, 6) is -4.25. The van der Waals surface area contributed by atoms with Crippen LogP contribution in [-0.4, -0.2) is 31.4 Å². The first-order valence-corrected chi connectivity index (χ1v) is 6.16. The number of carbonyl (C=O) groups is 3. The van der Waals surface area contributed by atoms with Gasteiger partial charge in [-0.2, -0.15) is 0 Å². The topological polar surface area (TPSA) is 84.5 Å². The zero-order valence-corrected chi connectivity index (χ0v) is 11.1. The van der Waals surface area contributed by atoms with Crippen molar-refractivity contribution < 1.29 is 23.5 Å². The zero-order valence-electron chi connectivity index (χ0n) is 11.1. The molecular formula is C13H15FN2O4. The van der Waals surface area contributed by atoms with Crippen LogP contribution in [0, 0.1) is 17.8 Å². The number of methoxy groups -OCH3 is 1. The van der Waals surface area contributed by atoms with E-state index in [0.717, 1.165) is 0 Å². The second-order valence-electron chi connectivity index (χ2n) is 4.77. The second-order valence-corrected chi connectivity index (χ2v) is 4.77. The number of hydrogen-bond acceptors (Lipinski definition) is 4. The minimum Gasteiger partial charge on any atom is -0.468 e. The molecule has 7 heteroatoms. The third-order valence-electron chi connectivity index (χ3n) is 3.43. The SMILES string of the molecule is COC(=O)[C@@H]1C(=O)NCC1C1C=C(NC(C)=O)C=C1F. The van der Waals surface area contributed by atoms with E-state index in [0.29, 0.717) is 5.70 Å². The van der Waals surface area contributed by atoms with Gasteiger partial charge in [0.1, 0.15) is 11.7 Å². The van der Waals surface area contributed by atoms with Crippen LogP contribution in [0.2, 0.25) is 0 Å². The number of hydrogen-bond donors (Lipinski definition) is 2. The minimum atomic E-state index is -1.03. The number of nitrogens with one attached hydrogen (secondary N) is 2. The van der Waals surface area contributed by atoms with E-state index in [-0.39, 0.29) is 12.5 Å². The van der Waals surface area contributed by atoms with Gasteiger partial charge in [0.05, 0.1) is 7.11 Å². The molecule has 2 rings (SSSR count). The summed E-state index contributed by atoms with van der Waals surface area (Å²) in [6, 6.07) is 0. The molecule has 0 bridgehead atoms. The second kappa shape index (κ2) is 5.44. The number of esters is 1. The molecule has 0 aromatic carbocycles. The highest BCUT2D eigenvalue weighted by Gasteiger charge is 2.46. The fraction of sp³-hybridized carbons (Fsp3) is 0.462. The summed E-state index contributed by atoms with van der Waals surface area (Å²) in [4.78, 5) is 34.3. The number of halogens is 1. The predicted octanol–water partition coefficient (Wildman–Crippen LogP) is 0.0248. The lowest BCUT2D eigenvalue weighted by Gasteiger charge is -2.19. The van der Waals surface area contributed by atoms with Gasteiger partial charge in [-0.25, -0.2) is 4.39 Å². The van der Waals surface area contributed by atoms with Crippen molar-refractivity contribution in [2.75, 3.05) is 13.7 Å². The smallest absolute Gasteiger partial charge is 0.318 e. The van der Waals surface area contributed by atoms with Gasteiger partial charge in [-0.3, -0.25) is 14.4 Å². The molecule has 0 aromatic rings. The molecule has 20 heavy (non-hydrogen) atoms. The van der Waals surface area contributed by atoms with Crippen molar-refractivity contribution >= 4 is 17.8 Å². The molecular weight excluding hydrogens is 267 g/mol. The largest absolute Gasteiger partial charge is 0.468 e. The number of rotatable bonds is 3. The standard InChI is InChI=1S/C13H15FN2O4/c1-6(17)16-7-3-8(10(14)4-7)9-5-15-12(18)11(9)13(19)20-2/h3-4,8-9,11H,5H2,1-2H3,(H,15,18)(H,16,17)/t8?,9?,11-/m0/s1. The monoisotopic (exact) mass is 282 g/mol. The van der Waals surface area contributed by atoms with Gasteiger partial charge in [0.2, 0.25) is 11.8 Å². The third kappa shape index (κ3) is 2.56. The predicted molar refractivity (Wildman–Crippen MR) is 66.6 cm³/mol. The lowest BCUT2D eigenvalue weighted by atomic mass is 9.84. The van der Waals surface area contributed by atoms with Crippen LogP contribution in [0.25, 0.3) is 0 Å². The van der Waals surface area contributed by atoms with E-state index in [1.807, 2.05) is 0 Å². The van der Waals surface area contributed by atoms with E-state index in [1.165, 1.54) is 26.2 Å². The normalized spacial score (nSPS) is 28.6. The number of ether oxygens (including phenoxy) is 1. The minimum absolute atomic E-state index is 0.189. The van der Waals surface area contributed by atoms with Gasteiger partial charge in [0.25, 0.3) is 0 Å². The van der Waals surface area contributed by atoms with Gasteiger partial charge >= 0.3 is 5.97 Å². The van der Waals surface area contributed by atoms with Crippen LogP contribution < -0.4 is 10.6 Å². The molecule has 6 nitrogen and oxygen atoms in total. The van der Waals surface area contributed by atoms with Crippen molar-refractivity contribution in [2.24, 2.45) is 17.8 Å². The summed E-state index contributed by atoms with van der Waals surface area (Å²) in [6.45, 7) is 1.51. The highest BCUT2D eigenvalue weighted by atomic mass is 19.1. The van der Waals surface area contributed by atoms with Crippen molar-refractivity contribution in [3.8, 4) is 0 Å². The van der Waals surface area contributed by atoms with Crippen LogP contribution >= 0.6 is 0 Å². The van der Waals surface area contributed by atoms with Gasteiger partial charge in [0.15, 0.2) is 0 Å². The van der Waals surface area contributed by atoms with E-state index in [4.69, 9.17) is 0 Å². The van der Waals surface area contributed by atoms with Crippen LogP contribution in [-0.2, 0) is 19.1 Å². The molecule has 1 aliphatic carbocycles. The first-order chi connectivity index (χ1) is 9.43. The number of allylic oxidation sites excluding steroid dienone is 3. The third-order valence-corrected chi connectivity index (χ3v) is 3.43. The highest BCUT2D eigenvalue weighted by molar-refractivity contribution is 5.99. The first kappa shape index (κ1) is 14.2. The summed E-state index contributed by atoms with van der Waals surface area (Å²) in [7, 11) is 1.18. The summed E-state index contributed by atoms with van der Waals surface area (Å²) in [5, 5.41) is 5.02. The molecule has 2 amide bonds. The molecule has 1 saturated heterocycles. The van der Waals surface area contributed by atoms with Crippen LogP contribution in [0.1, 0.15) is 6.92 Å². The van der Waals surface area contributed by atoms with Gasteiger partial charge in [-0.15, -0.1) is 0 Å². The summed E-state index contributed by atoms with van der Waals surface area (Å²) in [5.41, 5.74) is 0.336. The average Bonchev–Trinajstić information content (AvgIpc) is 2.91. The Morgan fingerprint density at radius 3 is 2.80 bits per heavy atom. The average molecular weight is 282 g/mol. The molecule has 0 saturated carbocycles. The maximum Gasteiger partial charge on any atom is 0.318 e. The zero-order chi connectivity index (χ0) is 14.9. The Labute approximate surface area is 115 Å². The molecule has 0 radical (unpaired) electrons. The fourth-order valence-electron chi connectivity index (χ4n) is 2.56. The maximum absolute atomic E-state index is 14.0. The fourth-order valence-corrected chi connectivity index (χ4v) is 2.56. The van der Waals surface area contributed by atoms with Crippen molar-refractivity contribution in [1.29, 1.82) is 0 Å². The quantitative estimate of drug-likeness (QED) is 0.565. The summed E-state index contributed by atoms with van der Waals surface area (Å²) < 4.78 is 18.6. The Bertz CT molecular complexity index is 526. The first-order valence-electron chi connectivity index (χ1n) is 6.16. The molecule has 1 heterocycles. The van der Waals surface area contributed by atoms with Crippen LogP contribution in [0.15, 0.2) is 23.7 Å². The molecule has 1 fully saturated rings. The molecule has 2 N–H and O–H groups in total. The summed E-state index contributed by atoms with van der Waals surface area (Å²) >= 11 is 0. The molecule has 108 valence electrons. The Morgan fingerprint density at radius 2 is 2.20 bits per heavy atom. The van der Waals surface area contributed by atoms with Gasteiger partial charge in [0, 0.05) is 31.0 Å². The van der Waals surface area contributed by atoms with Crippen LogP contribution in [0.4, 0.5) is 4.39 Å².